The van der Waals surface area contributed by atoms with E-state index in [1.54, 1.807) is 0 Å². The van der Waals surface area contributed by atoms with Gasteiger partial charge in [0.15, 0.2) is 0 Å². The van der Waals surface area contributed by atoms with Crippen molar-refractivity contribution in [2.45, 2.75) is 61.9 Å². The van der Waals surface area contributed by atoms with Crippen LogP contribution in [0.5, 0.6) is 23.0 Å². The predicted octanol–water partition coefficient (Wildman–Crippen LogP) is 7.21. The molecular weight excluding hydrogens is 472 g/mol. The van der Waals surface area contributed by atoms with Gasteiger partial charge in [-0.05, 0) is 31.2 Å². The highest BCUT2D eigenvalue weighted by Gasteiger charge is 2.56. The first-order valence-corrected chi connectivity index (χ1v) is 13.7. The molecule has 4 aliphatic rings. The second-order valence-electron chi connectivity index (χ2n) is 11.1. The number of para-hydroxylation sites is 4. The van der Waals surface area contributed by atoms with E-state index in [1.807, 2.05) is 6.07 Å². The van der Waals surface area contributed by atoms with E-state index in [0.29, 0.717) is 0 Å². The fraction of sp³-hybridized carbons (Fsp3) is 0.294. The van der Waals surface area contributed by atoms with Crippen LogP contribution in [-0.4, -0.2) is 24.4 Å². The zero-order chi connectivity index (χ0) is 25.4. The van der Waals surface area contributed by atoms with Crippen LogP contribution >= 0.6 is 0 Å². The van der Waals surface area contributed by atoms with E-state index in [0.717, 1.165) is 23.0 Å². The lowest BCUT2D eigenvalue weighted by Crippen LogP contribution is -2.44. The summed E-state index contributed by atoms with van der Waals surface area (Å²) in [4.78, 5) is 0. The quantitative estimate of drug-likeness (QED) is 0.297. The number of hydrogen-bond donors (Lipinski definition) is 0. The lowest BCUT2D eigenvalue weighted by molar-refractivity contribution is 0.0432. The average Bonchev–Trinajstić information content (AvgIpc) is 3.68. The first-order valence-electron chi connectivity index (χ1n) is 13.7. The molecule has 0 saturated carbocycles. The molecule has 4 aromatic carbocycles. The Hall–Kier alpha value is -3.92. The first kappa shape index (κ1) is 22.1. The maximum Gasteiger partial charge on any atom is 0.123 e. The van der Waals surface area contributed by atoms with Crippen molar-refractivity contribution in [1.82, 2.24) is 0 Å². The third-order valence-electron chi connectivity index (χ3n) is 9.11. The van der Waals surface area contributed by atoms with E-state index in [4.69, 9.17) is 18.9 Å². The molecule has 0 bridgehead atoms. The van der Waals surface area contributed by atoms with Gasteiger partial charge < -0.3 is 18.9 Å². The van der Waals surface area contributed by atoms with Crippen molar-refractivity contribution in [2.75, 3.05) is 0 Å². The standard InChI is InChI=1S/C34H30O4/c1-19-21-11-3-7-15-25(21)36-32(19)30-23-13-5-9-17-27(23)38-34(30)31-24-14-6-10-18-28(24)37-33(31)29-20(2)35-26-16-8-4-12-22(26)29/h3-20,29-34H,1-2H3. The monoisotopic (exact) mass is 502 g/mol. The Morgan fingerprint density at radius 3 is 1.32 bits per heavy atom. The Labute approximate surface area is 223 Å². The molecule has 0 aliphatic carbocycles. The highest BCUT2D eigenvalue weighted by molar-refractivity contribution is 5.52. The van der Waals surface area contributed by atoms with Crippen molar-refractivity contribution < 1.29 is 18.9 Å². The lowest BCUT2D eigenvalue weighted by atomic mass is 9.72. The number of hydrogen-bond acceptors (Lipinski definition) is 4. The van der Waals surface area contributed by atoms with E-state index in [2.05, 4.69) is 105 Å². The van der Waals surface area contributed by atoms with Gasteiger partial charge >= 0.3 is 0 Å². The van der Waals surface area contributed by atoms with Crippen LogP contribution in [0, 0.1) is 0 Å². The molecule has 0 fully saturated rings. The Kier molecular flexibility index (Phi) is 4.82. The summed E-state index contributed by atoms with van der Waals surface area (Å²) in [6, 6.07) is 33.8. The van der Waals surface area contributed by atoms with Crippen LogP contribution < -0.4 is 18.9 Å². The van der Waals surface area contributed by atoms with E-state index in [-0.39, 0.29) is 48.1 Å². The summed E-state index contributed by atoms with van der Waals surface area (Å²) < 4.78 is 26.8. The molecule has 0 saturated heterocycles. The van der Waals surface area contributed by atoms with Crippen LogP contribution in [0.4, 0.5) is 0 Å². The van der Waals surface area contributed by atoms with E-state index < -0.39 is 0 Å². The van der Waals surface area contributed by atoms with Crippen molar-refractivity contribution >= 4 is 0 Å². The average molecular weight is 503 g/mol. The largest absolute Gasteiger partial charge is 0.490 e. The van der Waals surface area contributed by atoms with Gasteiger partial charge in [0.1, 0.15) is 47.4 Å². The van der Waals surface area contributed by atoms with Gasteiger partial charge in [-0.2, -0.15) is 0 Å². The normalized spacial score (nSPS) is 31.7. The molecule has 0 aromatic heterocycles. The molecule has 4 aromatic rings. The molecule has 4 nitrogen and oxygen atoms in total. The molecule has 190 valence electrons. The molecule has 8 unspecified atom stereocenters. The number of benzene rings is 4. The van der Waals surface area contributed by atoms with Gasteiger partial charge in [0.05, 0.1) is 17.8 Å². The fourth-order valence-corrected chi connectivity index (χ4v) is 7.45. The van der Waals surface area contributed by atoms with Crippen molar-refractivity contribution in [2.24, 2.45) is 0 Å². The van der Waals surface area contributed by atoms with Crippen LogP contribution in [0.1, 0.15) is 59.8 Å². The van der Waals surface area contributed by atoms with Crippen LogP contribution in [0.3, 0.4) is 0 Å². The minimum atomic E-state index is -0.136. The Balaban J connectivity index is 1.26. The van der Waals surface area contributed by atoms with Crippen LogP contribution in [-0.2, 0) is 0 Å². The van der Waals surface area contributed by atoms with Crippen molar-refractivity contribution in [3.8, 4) is 23.0 Å². The van der Waals surface area contributed by atoms with Crippen molar-refractivity contribution in [3.05, 3.63) is 119 Å². The molecule has 8 atom stereocenters. The predicted molar refractivity (Wildman–Crippen MR) is 146 cm³/mol. The number of rotatable bonds is 3. The first-order chi connectivity index (χ1) is 18.7. The topological polar surface area (TPSA) is 36.9 Å². The molecule has 0 spiro atoms. The summed E-state index contributed by atoms with van der Waals surface area (Å²) in [6.07, 6.45) is -0.281. The minimum absolute atomic E-state index is 0.00218. The van der Waals surface area contributed by atoms with Gasteiger partial charge in [0.25, 0.3) is 0 Å². The van der Waals surface area contributed by atoms with E-state index in [1.165, 1.54) is 22.3 Å². The van der Waals surface area contributed by atoms with Gasteiger partial charge in [-0.15, -0.1) is 0 Å². The van der Waals surface area contributed by atoms with Gasteiger partial charge in [0, 0.05) is 28.2 Å². The molecule has 38 heavy (non-hydrogen) atoms. The molecule has 4 aliphatic heterocycles. The van der Waals surface area contributed by atoms with E-state index >= 15 is 0 Å². The Morgan fingerprint density at radius 2 is 0.763 bits per heavy atom. The molecule has 4 heterocycles. The third kappa shape index (κ3) is 3.09. The fourth-order valence-electron chi connectivity index (χ4n) is 7.45. The highest BCUT2D eigenvalue weighted by atomic mass is 16.5. The van der Waals surface area contributed by atoms with Crippen molar-refractivity contribution in [1.29, 1.82) is 0 Å². The van der Waals surface area contributed by atoms with Crippen LogP contribution in [0.25, 0.3) is 0 Å². The molecule has 0 N–H and O–H groups in total. The van der Waals surface area contributed by atoms with Crippen LogP contribution in [0.15, 0.2) is 97.1 Å². The molecule has 8 rings (SSSR count). The SMILES string of the molecule is CC1Oc2ccccc2C1C1Oc2ccccc2C1C1Oc2ccccc2C1C1Oc2ccccc2C1C. The summed E-state index contributed by atoms with van der Waals surface area (Å²) in [7, 11) is 0. The van der Waals surface area contributed by atoms with Gasteiger partial charge in [0.2, 0.25) is 0 Å². The van der Waals surface area contributed by atoms with Crippen molar-refractivity contribution in [3.63, 3.8) is 0 Å². The lowest BCUT2D eigenvalue weighted by Gasteiger charge is -2.35. The number of fused-ring (bicyclic) bond motifs is 4. The van der Waals surface area contributed by atoms with Gasteiger partial charge in [-0.3, -0.25) is 0 Å². The maximum atomic E-state index is 6.93. The highest BCUT2D eigenvalue weighted by Crippen LogP contribution is 2.58. The summed E-state index contributed by atoms with van der Waals surface area (Å²) in [5.41, 5.74) is 4.92. The summed E-state index contributed by atoms with van der Waals surface area (Å²) in [5, 5.41) is 0. The molecule has 0 amide bonds. The summed E-state index contributed by atoms with van der Waals surface area (Å²) in [6.45, 7) is 4.45. The second kappa shape index (κ2) is 8.29. The Bertz CT molecular complexity index is 1530. The number of ether oxygens (including phenoxy) is 4. The summed E-state index contributed by atoms with van der Waals surface area (Å²) in [5.74, 6) is 4.26. The molecular formula is C34H30O4. The maximum absolute atomic E-state index is 6.93. The smallest absolute Gasteiger partial charge is 0.123 e. The van der Waals surface area contributed by atoms with Gasteiger partial charge in [-0.1, -0.05) is 79.7 Å². The Morgan fingerprint density at radius 1 is 0.395 bits per heavy atom. The minimum Gasteiger partial charge on any atom is -0.490 e. The van der Waals surface area contributed by atoms with Gasteiger partial charge in [-0.25, -0.2) is 0 Å². The van der Waals surface area contributed by atoms with Crippen LogP contribution in [0.2, 0.25) is 0 Å². The zero-order valence-corrected chi connectivity index (χ0v) is 21.5. The second-order valence-corrected chi connectivity index (χ2v) is 11.1. The molecule has 4 heteroatoms. The summed E-state index contributed by atoms with van der Waals surface area (Å²) >= 11 is 0. The van der Waals surface area contributed by atoms with E-state index in [9.17, 15) is 0 Å². The third-order valence-corrected chi connectivity index (χ3v) is 9.11. The zero-order valence-electron chi connectivity index (χ0n) is 21.5. The molecule has 0 radical (unpaired) electrons.